The van der Waals surface area contributed by atoms with Gasteiger partial charge >= 0.3 is 0 Å². The molecule has 4 N–H and O–H groups in total. The van der Waals surface area contributed by atoms with E-state index in [1.807, 2.05) is 30.3 Å². The molecule has 0 aliphatic carbocycles. The van der Waals surface area contributed by atoms with E-state index in [4.69, 9.17) is 0 Å². The molecule has 0 spiro atoms. The Labute approximate surface area is 168 Å². The summed E-state index contributed by atoms with van der Waals surface area (Å²) in [6.07, 6.45) is 1.35. The lowest BCUT2D eigenvalue weighted by atomic mass is 10.0. The van der Waals surface area contributed by atoms with Gasteiger partial charge in [0.05, 0.1) is 10.9 Å². The highest BCUT2D eigenvalue weighted by molar-refractivity contribution is 7.89. The maximum absolute atomic E-state index is 12.7. The van der Waals surface area contributed by atoms with Crippen LogP contribution < -0.4 is 20.9 Å². The summed E-state index contributed by atoms with van der Waals surface area (Å²) in [5.74, 6) is 0. The largest absolute Gasteiger partial charge is 0.377 e. The van der Waals surface area contributed by atoms with E-state index in [1.54, 1.807) is 18.2 Å². The number of para-hydroxylation sites is 1. The first kappa shape index (κ1) is 18.4. The zero-order valence-electron chi connectivity index (χ0n) is 15.7. The quantitative estimate of drug-likeness (QED) is 0.526. The summed E-state index contributed by atoms with van der Waals surface area (Å²) in [6, 6.07) is 14.4. The van der Waals surface area contributed by atoms with E-state index in [-0.39, 0.29) is 22.5 Å². The van der Waals surface area contributed by atoms with Crippen molar-refractivity contribution < 1.29 is 8.42 Å². The van der Waals surface area contributed by atoms with Crippen molar-refractivity contribution in [3.8, 4) is 0 Å². The van der Waals surface area contributed by atoms with Gasteiger partial charge in [-0.2, -0.15) is 0 Å². The molecule has 0 saturated carbocycles. The van der Waals surface area contributed by atoms with Crippen LogP contribution in [0.3, 0.4) is 0 Å². The van der Waals surface area contributed by atoms with Crippen LogP contribution in [0.15, 0.2) is 58.2 Å². The lowest BCUT2D eigenvalue weighted by molar-refractivity contribution is 0.560. The smallest absolute Gasteiger partial charge is 0.253 e. The van der Waals surface area contributed by atoms with Gasteiger partial charge in [-0.1, -0.05) is 18.2 Å². The Balaban J connectivity index is 1.42. The number of hydrogen-bond acceptors (Lipinski definition) is 5. The van der Waals surface area contributed by atoms with Gasteiger partial charge in [-0.05, 0) is 60.7 Å². The lowest BCUT2D eigenvalue weighted by Crippen LogP contribution is -2.36. The van der Waals surface area contributed by atoms with E-state index in [2.05, 4.69) is 20.3 Å². The lowest BCUT2D eigenvalue weighted by Gasteiger charge is -2.12. The van der Waals surface area contributed by atoms with Crippen LogP contribution in [0.25, 0.3) is 10.9 Å². The van der Waals surface area contributed by atoms with E-state index in [0.717, 1.165) is 35.1 Å². The summed E-state index contributed by atoms with van der Waals surface area (Å²) >= 11 is 0. The van der Waals surface area contributed by atoms with Crippen LogP contribution in [-0.2, 0) is 16.4 Å². The zero-order valence-corrected chi connectivity index (χ0v) is 16.6. The van der Waals surface area contributed by atoms with E-state index in [9.17, 15) is 13.2 Å². The summed E-state index contributed by atoms with van der Waals surface area (Å²) in [4.78, 5) is 15.8. The van der Waals surface area contributed by atoms with Crippen molar-refractivity contribution >= 4 is 26.6 Å². The third-order valence-electron chi connectivity index (χ3n) is 5.68. The van der Waals surface area contributed by atoms with Crippen LogP contribution in [0, 0.1) is 0 Å². The minimum atomic E-state index is -3.57. The normalized spacial score (nSPS) is 21.2. The Kier molecular flexibility index (Phi) is 4.42. The van der Waals surface area contributed by atoms with Crippen LogP contribution >= 0.6 is 0 Å². The first-order valence-electron chi connectivity index (χ1n) is 9.74. The van der Waals surface area contributed by atoms with E-state index >= 15 is 0 Å². The molecule has 2 atom stereocenters. The molecule has 5 rings (SSSR count). The van der Waals surface area contributed by atoms with Crippen molar-refractivity contribution in [1.29, 1.82) is 0 Å². The molecule has 2 aliphatic rings. The predicted octanol–water partition coefficient (Wildman–Crippen LogP) is 1.88. The summed E-state index contributed by atoms with van der Waals surface area (Å²) < 4.78 is 28.2. The van der Waals surface area contributed by atoms with Crippen LogP contribution in [0.1, 0.15) is 23.6 Å². The molecule has 7 nitrogen and oxygen atoms in total. The molecule has 150 valence electrons. The molecule has 3 aromatic rings. The Morgan fingerprint density at radius 3 is 2.76 bits per heavy atom. The topological polar surface area (TPSA) is 103 Å². The summed E-state index contributed by atoms with van der Waals surface area (Å²) in [6.45, 7) is 1.47. The second kappa shape index (κ2) is 6.98. The van der Waals surface area contributed by atoms with Crippen molar-refractivity contribution in [3.05, 3.63) is 70.0 Å². The van der Waals surface area contributed by atoms with Gasteiger partial charge in [0.1, 0.15) is 0 Å². The number of aromatic amines is 1. The predicted molar refractivity (Wildman–Crippen MR) is 113 cm³/mol. The molecule has 8 heteroatoms. The fourth-order valence-electron chi connectivity index (χ4n) is 4.16. The van der Waals surface area contributed by atoms with E-state index in [0.29, 0.717) is 18.5 Å². The molecule has 2 unspecified atom stereocenters. The van der Waals surface area contributed by atoms with Gasteiger partial charge in [-0.3, -0.25) is 4.79 Å². The number of H-pyrrole nitrogens is 1. The molecule has 1 aromatic heterocycles. The fraction of sp³-hybridized carbons (Fsp3) is 0.286. The Hall–Kier alpha value is -2.68. The van der Waals surface area contributed by atoms with Gasteiger partial charge in [0.2, 0.25) is 10.0 Å². The zero-order chi connectivity index (χ0) is 20.0. The third kappa shape index (κ3) is 3.43. The standard InChI is InChI=1S/C21H22N4O3S/c26-21-17(10-13-3-1-2-4-18(13)24-21)20-11-14-9-16(5-6-19(14)23-20)29(27,28)25-15-7-8-22-12-15/h1-6,9-10,15,20,22-23,25H,7-8,11-12H2,(H,24,26). The number of benzene rings is 2. The first-order chi connectivity index (χ1) is 14.0. The molecule has 0 radical (unpaired) electrons. The molecular formula is C21H22N4O3S. The van der Waals surface area contributed by atoms with Gasteiger partial charge in [0, 0.05) is 29.4 Å². The number of hydrogen-bond donors (Lipinski definition) is 4. The van der Waals surface area contributed by atoms with E-state index < -0.39 is 10.0 Å². The molecular weight excluding hydrogens is 388 g/mol. The number of nitrogens with one attached hydrogen (secondary N) is 4. The minimum Gasteiger partial charge on any atom is -0.377 e. The average Bonchev–Trinajstić information content (AvgIpc) is 3.35. The summed E-state index contributed by atoms with van der Waals surface area (Å²) in [5, 5.41) is 7.49. The number of anilines is 1. The third-order valence-corrected chi connectivity index (χ3v) is 7.20. The summed E-state index contributed by atoms with van der Waals surface area (Å²) in [7, 11) is -3.57. The van der Waals surface area contributed by atoms with Crippen molar-refractivity contribution in [2.75, 3.05) is 18.4 Å². The number of aromatic nitrogens is 1. The van der Waals surface area contributed by atoms with Crippen LogP contribution in [0.4, 0.5) is 5.69 Å². The Morgan fingerprint density at radius 2 is 1.93 bits per heavy atom. The van der Waals surface area contributed by atoms with Gasteiger partial charge in [0.15, 0.2) is 0 Å². The number of rotatable bonds is 4. The monoisotopic (exact) mass is 410 g/mol. The van der Waals surface area contributed by atoms with Gasteiger partial charge < -0.3 is 15.6 Å². The molecule has 1 fully saturated rings. The van der Waals surface area contributed by atoms with E-state index in [1.165, 1.54) is 0 Å². The van der Waals surface area contributed by atoms with Gasteiger partial charge in [0.25, 0.3) is 5.56 Å². The maximum atomic E-state index is 12.7. The van der Waals surface area contributed by atoms with Crippen molar-refractivity contribution in [2.45, 2.75) is 29.8 Å². The van der Waals surface area contributed by atoms with Crippen molar-refractivity contribution in [1.82, 2.24) is 15.0 Å². The first-order valence-corrected chi connectivity index (χ1v) is 11.2. The Morgan fingerprint density at radius 1 is 1.07 bits per heavy atom. The SMILES string of the molecule is O=c1[nH]c2ccccc2cc1C1Cc2cc(S(=O)(=O)NC3CCNC3)ccc2N1. The Bertz CT molecular complexity index is 1250. The highest BCUT2D eigenvalue weighted by atomic mass is 32.2. The molecule has 2 aromatic carbocycles. The van der Waals surface area contributed by atoms with Crippen LogP contribution in [-0.4, -0.2) is 32.5 Å². The summed E-state index contributed by atoms with van der Waals surface area (Å²) in [5.41, 5.74) is 3.09. The molecule has 29 heavy (non-hydrogen) atoms. The maximum Gasteiger partial charge on any atom is 0.253 e. The van der Waals surface area contributed by atoms with Gasteiger partial charge in [-0.25, -0.2) is 13.1 Å². The highest BCUT2D eigenvalue weighted by Crippen LogP contribution is 2.35. The van der Waals surface area contributed by atoms with Crippen LogP contribution in [0.5, 0.6) is 0 Å². The second-order valence-corrected chi connectivity index (χ2v) is 9.39. The molecule has 1 saturated heterocycles. The fourth-order valence-corrected chi connectivity index (χ4v) is 5.48. The number of fused-ring (bicyclic) bond motifs is 2. The van der Waals surface area contributed by atoms with Gasteiger partial charge in [-0.15, -0.1) is 0 Å². The number of sulfonamides is 1. The molecule has 3 heterocycles. The van der Waals surface area contributed by atoms with Crippen molar-refractivity contribution in [2.24, 2.45) is 0 Å². The minimum absolute atomic E-state index is 0.0738. The average molecular weight is 410 g/mol. The molecule has 2 aliphatic heterocycles. The van der Waals surface area contributed by atoms with Crippen LogP contribution in [0.2, 0.25) is 0 Å². The number of pyridine rings is 1. The highest BCUT2D eigenvalue weighted by Gasteiger charge is 2.28. The second-order valence-electron chi connectivity index (χ2n) is 7.67. The van der Waals surface area contributed by atoms with Crippen molar-refractivity contribution in [3.63, 3.8) is 0 Å². The molecule has 0 amide bonds. The molecule has 0 bridgehead atoms.